The number of isocyanates is 1. The van der Waals surface area contributed by atoms with Gasteiger partial charge in [-0.3, -0.25) is 0 Å². The van der Waals surface area contributed by atoms with Crippen LogP contribution >= 0.6 is 0 Å². The van der Waals surface area contributed by atoms with Crippen molar-refractivity contribution < 1.29 is 14.3 Å². The summed E-state index contributed by atoms with van der Waals surface area (Å²) < 4.78 is 11.1. The summed E-state index contributed by atoms with van der Waals surface area (Å²) in [6, 6.07) is 7.18. The summed E-state index contributed by atoms with van der Waals surface area (Å²) in [5.74, 6) is 0.612. The third-order valence-corrected chi connectivity index (χ3v) is 2.44. The first-order chi connectivity index (χ1) is 7.90. The van der Waals surface area contributed by atoms with Gasteiger partial charge in [-0.1, -0.05) is 12.1 Å². The third kappa shape index (κ3) is 2.69. The van der Waals surface area contributed by atoms with Crippen LogP contribution in [0.5, 0.6) is 5.75 Å². The fourth-order valence-electron chi connectivity index (χ4n) is 1.68. The van der Waals surface area contributed by atoms with E-state index in [-0.39, 0.29) is 6.10 Å². The molecule has 1 aromatic carbocycles. The van der Waals surface area contributed by atoms with Crippen LogP contribution in [-0.2, 0) is 9.53 Å². The molecule has 84 valence electrons. The largest absolute Gasteiger partial charge is 0.486 e. The predicted molar refractivity (Wildman–Crippen MR) is 58.7 cm³/mol. The lowest BCUT2D eigenvalue weighted by Crippen LogP contribution is -2.27. The Morgan fingerprint density at radius 3 is 3.06 bits per heavy atom. The van der Waals surface area contributed by atoms with E-state index in [4.69, 9.17) is 9.47 Å². The quantitative estimate of drug-likeness (QED) is 0.578. The second-order valence-corrected chi connectivity index (χ2v) is 3.63. The lowest BCUT2D eigenvalue weighted by atomic mass is 10.2. The number of aliphatic imine (C=N–C) groups is 1. The molecule has 0 amide bonds. The van der Waals surface area contributed by atoms with Gasteiger partial charge in [-0.25, -0.2) is 4.79 Å². The van der Waals surface area contributed by atoms with Gasteiger partial charge in [-0.05, 0) is 25.0 Å². The molecule has 0 spiro atoms. The Bertz CT molecular complexity index is 393. The molecule has 0 saturated carbocycles. The molecule has 0 aliphatic carbocycles. The Hall–Kier alpha value is -1.64. The Morgan fingerprint density at radius 2 is 2.31 bits per heavy atom. The molecule has 1 heterocycles. The van der Waals surface area contributed by atoms with Crippen LogP contribution in [0, 0.1) is 0 Å². The molecule has 4 nitrogen and oxygen atoms in total. The van der Waals surface area contributed by atoms with Gasteiger partial charge >= 0.3 is 0 Å². The lowest BCUT2D eigenvalue weighted by Gasteiger charge is -2.23. The molecular weight excluding hydrogens is 206 g/mol. The van der Waals surface area contributed by atoms with Crippen LogP contribution in [0.4, 0.5) is 5.69 Å². The number of hydrogen-bond donors (Lipinski definition) is 0. The summed E-state index contributed by atoms with van der Waals surface area (Å²) in [6.07, 6.45) is 3.55. The number of ether oxygens (including phenoxy) is 2. The van der Waals surface area contributed by atoms with Gasteiger partial charge in [0.15, 0.2) is 0 Å². The van der Waals surface area contributed by atoms with Gasteiger partial charge in [0.1, 0.15) is 17.5 Å². The van der Waals surface area contributed by atoms with Gasteiger partial charge in [-0.2, -0.15) is 4.99 Å². The van der Waals surface area contributed by atoms with Crippen LogP contribution in [0.2, 0.25) is 0 Å². The first-order valence-electron chi connectivity index (χ1n) is 5.31. The zero-order valence-corrected chi connectivity index (χ0v) is 8.89. The van der Waals surface area contributed by atoms with Crippen molar-refractivity contribution >= 4 is 11.8 Å². The van der Waals surface area contributed by atoms with E-state index in [2.05, 4.69) is 4.99 Å². The number of rotatable bonds is 3. The second-order valence-electron chi connectivity index (χ2n) is 3.63. The average Bonchev–Trinajstić information content (AvgIpc) is 2.33. The van der Waals surface area contributed by atoms with Gasteiger partial charge < -0.3 is 9.47 Å². The summed E-state index contributed by atoms with van der Waals surface area (Å²) in [4.78, 5) is 13.8. The maximum Gasteiger partial charge on any atom is 0.240 e. The van der Waals surface area contributed by atoms with Crippen molar-refractivity contribution in [2.75, 3.05) is 13.2 Å². The maximum absolute atomic E-state index is 10.2. The normalized spacial score (nSPS) is 19.9. The van der Waals surface area contributed by atoms with E-state index >= 15 is 0 Å². The van der Waals surface area contributed by atoms with Crippen molar-refractivity contribution in [3.8, 4) is 5.75 Å². The maximum atomic E-state index is 10.2. The van der Waals surface area contributed by atoms with Crippen molar-refractivity contribution in [1.29, 1.82) is 0 Å². The topological polar surface area (TPSA) is 47.9 Å². The Labute approximate surface area is 93.9 Å². The molecule has 0 bridgehead atoms. The van der Waals surface area contributed by atoms with Crippen LogP contribution in [0.25, 0.3) is 0 Å². The van der Waals surface area contributed by atoms with Gasteiger partial charge in [0.25, 0.3) is 0 Å². The number of para-hydroxylation sites is 2. The van der Waals surface area contributed by atoms with Crippen LogP contribution in [0.15, 0.2) is 29.3 Å². The monoisotopic (exact) mass is 219 g/mol. The summed E-state index contributed by atoms with van der Waals surface area (Å²) in [7, 11) is 0. The minimum absolute atomic E-state index is 0.0525. The van der Waals surface area contributed by atoms with E-state index in [0.717, 1.165) is 19.4 Å². The van der Waals surface area contributed by atoms with Crippen molar-refractivity contribution in [2.24, 2.45) is 4.99 Å². The number of carbonyl (C=O) groups excluding carboxylic acids is 1. The van der Waals surface area contributed by atoms with E-state index in [1.165, 1.54) is 6.08 Å². The fraction of sp³-hybridized carbons (Fsp3) is 0.417. The standard InChI is InChI=1S/C12H13NO3/c14-9-13-11-5-1-2-6-12(11)16-10-4-3-7-15-8-10/h1-2,5-6,10H,3-4,7-8H2. The van der Waals surface area contributed by atoms with Crippen LogP contribution in [0.1, 0.15) is 12.8 Å². The van der Waals surface area contributed by atoms with Gasteiger partial charge in [0.05, 0.1) is 6.61 Å². The highest BCUT2D eigenvalue weighted by Crippen LogP contribution is 2.28. The van der Waals surface area contributed by atoms with Gasteiger partial charge in [0, 0.05) is 6.61 Å². The molecule has 1 aliphatic rings. The summed E-state index contributed by atoms with van der Waals surface area (Å²) in [5.41, 5.74) is 0.517. The molecule has 0 aromatic heterocycles. The van der Waals surface area contributed by atoms with Gasteiger partial charge in [-0.15, -0.1) is 0 Å². The van der Waals surface area contributed by atoms with E-state index in [0.29, 0.717) is 18.0 Å². The Balaban J connectivity index is 2.10. The average molecular weight is 219 g/mol. The molecule has 1 aliphatic heterocycles. The van der Waals surface area contributed by atoms with E-state index in [1.807, 2.05) is 6.07 Å². The van der Waals surface area contributed by atoms with Crippen molar-refractivity contribution in [2.45, 2.75) is 18.9 Å². The highest BCUT2D eigenvalue weighted by molar-refractivity contribution is 5.57. The van der Waals surface area contributed by atoms with Gasteiger partial charge in [0.2, 0.25) is 6.08 Å². The first-order valence-corrected chi connectivity index (χ1v) is 5.31. The molecule has 4 heteroatoms. The Kier molecular flexibility index (Phi) is 3.70. The zero-order valence-electron chi connectivity index (χ0n) is 8.89. The number of nitrogens with zero attached hydrogens (tertiary/aromatic N) is 1. The molecule has 1 unspecified atom stereocenters. The van der Waals surface area contributed by atoms with Crippen molar-refractivity contribution in [3.05, 3.63) is 24.3 Å². The zero-order chi connectivity index (χ0) is 11.2. The summed E-state index contributed by atoms with van der Waals surface area (Å²) >= 11 is 0. The molecular formula is C12H13NO3. The van der Waals surface area contributed by atoms with Crippen molar-refractivity contribution in [1.82, 2.24) is 0 Å². The SMILES string of the molecule is O=C=Nc1ccccc1OC1CCCOC1. The minimum Gasteiger partial charge on any atom is -0.486 e. The van der Waals surface area contributed by atoms with Crippen molar-refractivity contribution in [3.63, 3.8) is 0 Å². The minimum atomic E-state index is 0.0525. The molecule has 1 atom stereocenters. The highest BCUT2D eigenvalue weighted by atomic mass is 16.5. The van der Waals surface area contributed by atoms with Crippen LogP contribution < -0.4 is 4.74 Å². The van der Waals surface area contributed by atoms with Crippen LogP contribution in [-0.4, -0.2) is 25.4 Å². The highest BCUT2D eigenvalue weighted by Gasteiger charge is 2.16. The first kappa shape index (κ1) is 10.9. The molecule has 0 N–H and O–H groups in total. The van der Waals surface area contributed by atoms with E-state index in [1.54, 1.807) is 18.2 Å². The molecule has 16 heavy (non-hydrogen) atoms. The third-order valence-electron chi connectivity index (χ3n) is 2.44. The lowest BCUT2D eigenvalue weighted by molar-refractivity contribution is 0.00769. The number of benzene rings is 1. The summed E-state index contributed by atoms with van der Waals surface area (Å²) in [6.45, 7) is 1.40. The smallest absolute Gasteiger partial charge is 0.240 e. The van der Waals surface area contributed by atoms with Crippen LogP contribution in [0.3, 0.4) is 0 Å². The molecule has 1 fully saturated rings. The second kappa shape index (κ2) is 5.45. The van der Waals surface area contributed by atoms with E-state index in [9.17, 15) is 4.79 Å². The number of hydrogen-bond acceptors (Lipinski definition) is 4. The predicted octanol–water partition coefficient (Wildman–Crippen LogP) is 2.21. The Morgan fingerprint density at radius 1 is 1.44 bits per heavy atom. The molecule has 2 rings (SSSR count). The van der Waals surface area contributed by atoms with E-state index < -0.39 is 0 Å². The summed E-state index contributed by atoms with van der Waals surface area (Å²) in [5, 5.41) is 0. The molecule has 1 saturated heterocycles. The fourth-order valence-corrected chi connectivity index (χ4v) is 1.68. The molecule has 1 aromatic rings. The molecule has 0 radical (unpaired) electrons.